The van der Waals surface area contributed by atoms with E-state index in [1.807, 2.05) is 27.7 Å². The molecule has 0 bridgehead atoms. The minimum atomic E-state index is -2.61. The van der Waals surface area contributed by atoms with E-state index in [0.717, 1.165) is 7.11 Å². The SMILES string of the molecule is COCCOCCSCC(CC(=O)OCCOC)C(=O)NCC(=O)N[C@H]1C([C@H](O)[C@H](O)CO)O[C@@](OCC2O[C@@](NC(C)=O)(C(C(C)C)C(C)C)C[C@@H](O)[C@H]2O)(C(=O)OC)C[C@@H]1O. The summed E-state index contributed by atoms with van der Waals surface area (Å²) >= 11 is 1.33. The zero-order valence-corrected chi connectivity index (χ0v) is 38.3. The monoisotopic (exact) mass is 929 g/mol. The van der Waals surface area contributed by atoms with Crippen molar-refractivity contribution in [2.24, 2.45) is 23.7 Å². The number of amides is 3. The van der Waals surface area contributed by atoms with E-state index in [9.17, 15) is 54.6 Å². The van der Waals surface area contributed by atoms with Gasteiger partial charge < -0.3 is 84.5 Å². The largest absolute Gasteiger partial charge is 0.465 e. The first-order chi connectivity index (χ1) is 29.7. The molecule has 2 aliphatic heterocycles. The van der Waals surface area contributed by atoms with Crippen LogP contribution in [0.2, 0.25) is 0 Å². The van der Waals surface area contributed by atoms with Crippen molar-refractivity contribution in [2.45, 2.75) is 114 Å². The summed E-state index contributed by atoms with van der Waals surface area (Å²) in [6.07, 6.45) is -13.5. The number of carbonyl (C=O) groups is 5. The molecule has 2 fully saturated rings. The molecule has 63 heavy (non-hydrogen) atoms. The molecule has 0 saturated carbocycles. The first-order valence-electron chi connectivity index (χ1n) is 21.0. The van der Waals surface area contributed by atoms with Crippen LogP contribution < -0.4 is 16.0 Å². The van der Waals surface area contributed by atoms with Gasteiger partial charge in [-0.15, -0.1) is 0 Å². The third kappa shape index (κ3) is 16.9. The molecule has 0 radical (unpaired) electrons. The van der Waals surface area contributed by atoms with Gasteiger partial charge in [-0.3, -0.25) is 19.2 Å². The Balaban J connectivity index is 2.33. The molecule has 0 aromatic rings. The molecule has 3 amide bonds. The van der Waals surface area contributed by atoms with Crippen LogP contribution in [0, 0.1) is 23.7 Å². The molecule has 2 rings (SSSR count). The van der Waals surface area contributed by atoms with Gasteiger partial charge in [0.15, 0.2) is 0 Å². The third-order valence-corrected chi connectivity index (χ3v) is 11.8. The van der Waals surface area contributed by atoms with Gasteiger partial charge in [0.05, 0.1) is 83.9 Å². The summed E-state index contributed by atoms with van der Waals surface area (Å²) in [5.41, 5.74) is -1.51. The van der Waals surface area contributed by atoms with Gasteiger partial charge >= 0.3 is 11.9 Å². The number of nitrogens with one attached hydrogen (secondary N) is 3. The number of methoxy groups -OCH3 is 3. The van der Waals surface area contributed by atoms with Crippen LogP contribution in [0.4, 0.5) is 0 Å². The maximum Gasteiger partial charge on any atom is 0.366 e. The fourth-order valence-electron chi connectivity index (χ4n) is 7.99. The average Bonchev–Trinajstić information content (AvgIpc) is 3.22. The summed E-state index contributed by atoms with van der Waals surface area (Å²) < 4.78 is 43.7. The smallest absolute Gasteiger partial charge is 0.366 e. The first-order valence-corrected chi connectivity index (χ1v) is 22.1. The van der Waals surface area contributed by atoms with Crippen LogP contribution in [-0.2, 0) is 61.9 Å². The second-order valence-corrected chi connectivity index (χ2v) is 17.4. The molecule has 2 saturated heterocycles. The summed E-state index contributed by atoms with van der Waals surface area (Å²) in [6.45, 7) is 7.70. The van der Waals surface area contributed by atoms with Gasteiger partial charge in [-0.25, -0.2) is 4.79 Å². The van der Waals surface area contributed by atoms with Crippen molar-refractivity contribution in [1.82, 2.24) is 16.0 Å². The Morgan fingerprint density at radius 3 is 2.11 bits per heavy atom. The lowest BCUT2D eigenvalue weighted by molar-refractivity contribution is -0.330. The number of carbonyl (C=O) groups excluding carboxylic acids is 5. The molecule has 3 unspecified atom stereocenters. The van der Waals surface area contributed by atoms with Gasteiger partial charge in [0, 0.05) is 51.4 Å². The van der Waals surface area contributed by atoms with Crippen LogP contribution in [0.1, 0.15) is 53.9 Å². The van der Waals surface area contributed by atoms with E-state index in [-0.39, 0.29) is 43.6 Å². The van der Waals surface area contributed by atoms with Crippen LogP contribution in [0.25, 0.3) is 0 Å². The predicted molar refractivity (Wildman–Crippen MR) is 222 cm³/mol. The van der Waals surface area contributed by atoms with Gasteiger partial charge in [-0.1, -0.05) is 27.7 Å². The van der Waals surface area contributed by atoms with Crippen LogP contribution >= 0.6 is 11.8 Å². The van der Waals surface area contributed by atoms with Crippen molar-refractivity contribution in [3.8, 4) is 0 Å². The summed E-state index contributed by atoms with van der Waals surface area (Å²) in [4.78, 5) is 65.2. The number of esters is 2. The Bertz CT molecular complexity index is 1420. The molecule has 2 heterocycles. The normalized spacial score (nSPS) is 27.7. The fraction of sp³-hybridized carbons (Fsp3) is 0.875. The Hall–Kier alpha value is -2.78. The highest BCUT2D eigenvalue weighted by Gasteiger charge is 2.58. The third-order valence-electron chi connectivity index (χ3n) is 10.7. The second kappa shape index (κ2) is 27.6. The van der Waals surface area contributed by atoms with Crippen molar-refractivity contribution >= 4 is 41.4 Å². The number of aliphatic hydroxyl groups is 6. The molecule has 0 spiro atoms. The van der Waals surface area contributed by atoms with Crippen molar-refractivity contribution in [3.05, 3.63) is 0 Å². The number of ether oxygens (including phenoxy) is 8. The van der Waals surface area contributed by atoms with Crippen LogP contribution in [0.5, 0.6) is 0 Å². The van der Waals surface area contributed by atoms with E-state index in [0.29, 0.717) is 25.6 Å². The molecule has 22 nitrogen and oxygen atoms in total. The molecular weight excluding hydrogens is 859 g/mol. The van der Waals surface area contributed by atoms with E-state index in [2.05, 4.69) is 16.0 Å². The maximum atomic E-state index is 13.5. The van der Waals surface area contributed by atoms with Crippen molar-refractivity contribution in [3.63, 3.8) is 0 Å². The molecular formula is C40H71N3O19S. The summed E-state index contributed by atoms with van der Waals surface area (Å²) in [5, 5.41) is 72.9. The standard InChI is InChI=1S/C40H71N3O19S/c1-22(2)32(23(3)4)39(43-24(5)45)16-27(47)34(51)29(61-39)20-60-40(38(54)57-8)17-26(46)33(36(62-40)35(52)28(48)19-44)42-30(49)18-41-37(53)25(15-31(50)59-12-10-56-7)21-63-14-13-58-11-9-55-6/h22-23,25-29,32-36,44,46-48,51-52H,9-21H2,1-8H3,(H,41,53)(H,42,49)(H,43,45)/t25?,26-,27+,28+,29?,33+,34+,35+,36?,39+,40+/m0/s1. The number of hydrogen-bond acceptors (Lipinski definition) is 20. The highest BCUT2D eigenvalue weighted by Crippen LogP contribution is 2.42. The quantitative estimate of drug-likeness (QED) is 0.0283. The molecule has 0 aromatic carbocycles. The lowest BCUT2D eigenvalue weighted by atomic mass is 9.73. The molecule has 366 valence electrons. The fourth-order valence-corrected chi connectivity index (χ4v) is 8.95. The first kappa shape index (κ1) is 56.3. The number of hydrogen-bond donors (Lipinski definition) is 9. The van der Waals surface area contributed by atoms with E-state index in [1.165, 1.54) is 25.8 Å². The minimum Gasteiger partial charge on any atom is -0.465 e. The number of aliphatic hydroxyl groups excluding tert-OH is 6. The minimum absolute atomic E-state index is 0.0333. The molecule has 0 aliphatic carbocycles. The van der Waals surface area contributed by atoms with Gasteiger partial charge in [0.2, 0.25) is 17.7 Å². The second-order valence-electron chi connectivity index (χ2n) is 16.3. The van der Waals surface area contributed by atoms with Crippen molar-refractivity contribution < 1.29 is 92.5 Å². The number of thioether (sulfide) groups is 1. The zero-order valence-electron chi connectivity index (χ0n) is 37.5. The molecule has 2 aliphatic rings. The van der Waals surface area contributed by atoms with Crippen LogP contribution in [0.3, 0.4) is 0 Å². The van der Waals surface area contributed by atoms with Gasteiger partial charge in [0.25, 0.3) is 5.79 Å². The maximum absolute atomic E-state index is 13.5. The summed E-state index contributed by atoms with van der Waals surface area (Å²) in [6, 6.07) is -1.61. The Morgan fingerprint density at radius 2 is 1.52 bits per heavy atom. The lowest BCUT2D eigenvalue weighted by Crippen LogP contribution is -2.70. The Morgan fingerprint density at radius 1 is 0.873 bits per heavy atom. The van der Waals surface area contributed by atoms with Gasteiger partial charge in [-0.2, -0.15) is 11.8 Å². The summed E-state index contributed by atoms with van der Waals surface area (Å²) in [7, 11) is 3.95. The van der Waals surface area contributed by atoms with Gasteiger partial charge in [0.1, 0.15) is 42.9 Å². The van der Waals surface area contributed by atoms with Crippen LogP contribution in [-0.4, -0.2) is 206 Å². The molecule has 0 aromatic heterocycles. The van der Waals surface area contributed by atoms with Crippen molar-refractivity contribution in [2.75, 3.05) is 85.6 Å². The molecule has 9 N–H and O–H groups in total. The average molecular weight is 930 g/mol. The van der Waals surface area contributed by atoms with Crippen LogP contribution in [0.15, 0.2) is 0 Å². The van der Waals surface area contributed by atoms with E-state index in [4.69, 9.17) is 37.9 Å². The number of rotatable bonds is 28. The van der Waals surface area contributed by atoms with E-state index < -0.39 is 128 Å². The molecule has 23 heteroatoms. The Labute approximate surface area is 372 Å². The van der Waals surface area contributed by atoms with Gasteiger partial charge in [-0.05, 0) is 11.8 Å². The highest BCUT2D eigenvalue weighted by molar-refractivity contribution is 7.99. The zero-order chi connectivity index (χ0) is 47.5. The Kier molecular flexibility index (Phi) is 24.7. The topological polar surface area (TPSA) is 317 Å². The predicted octanol–water partition coefficient (Wildman–Crippen LogP) is -2.80. The summed E-state index contributed by atoms with van der Waals surface area (Å²) in [5.74, 6) is -7.51. The van der Waals surface area contributed by atoms with Crippen molar-refractivity contribution in [1.29, 1.82) is 0 Å². The lowest BCUT2D eigenvalue weighted by Gasteiger charge is -2.52. The van der Waals surface area contributed by atoms with E-state index in [1.54, 1.807) is 7.11 Å². The highest BCUT2D eigenvalue weighted by atomic mass is 32.2. The molecule has 11 atom stereocenters. The van der Waals surface area contributed by atoms with E-state index >= 15 is 0 Å².